The number of pyridine rings is 1. The summed E-state index contributed by atoms with van der Waals surface area (Å²) in [6.45, 7) is 6.59. The molecule has 1 atom stereocenters. The van der Waals surface area contributed by atoms with Gasteiger partial charge in [-0.25, -0.2) is 5.43 Å². The molecule has 1 amide bonds. The van der Waals surface area contributed by atoms with Crippen molar-refractivity contribution < 1.29 is 4.79 Å². The Morgan fingerprint density at radius 3 is 2.84 bits per heavy atom. The van der Waals surface area contributed by atoms with Gasteiger partial charge in [0.15, 0.2) is 11.0 Å². The second-order valence-electron chi connectivity index (χ2n) is 6.44. The summed E-state index contributed by atoms with van der Waals surface area (Å²) in [5.74, 6) is 0.499. The number of allylic oxidation sites excluding steroid dienone is 1. The minimum absolute atomic E-state index is 0.237. The van der Waals surface area contributed by atoms with Gasteiger partial charge >= 0.3 is 0 Å². The quantitative estimate of drug-likeness (QED) is 0.209. The lowest BCUT2D eigenvalue weighted by Gasteiger charge is -2.12. The van der Waals surface area contributed by atoms with Gasteiger partial charge in [0.25, 0.3) is 5.91 Å². The minimum atomic E-state index is -0.420. The fraction of sp³-hybridized carbons (Fsp3) is 0.190. The van der Waals surface area contributed by atoms with E-state index in [1.165, 1.54) is 11.8 Å². The molecule has 0 radical (unpaired) electrons. The Labute approximate surface area is 189 Å². The highest BCUT2D eigenvalue weighted by atomic mass is 35.5. The van der Waals surface area contributed by atoms with E-state index in [0.29, 0.717) is 23.3 Å². The molecular weight excluding hydrogens is 434 g/mol. The maximum Gasteiger partial charge on any atom is 0.253 e. The number of aromatic nitrogens is 4. The standard InChI is InChI=1S/C21H22ClN7OS/c1-3-11-29-19(14-24-18-8-6-17(22)7-9-18)26-28-21(29)31-15(2)20(30)27-25-13-16-5-4-10-23-12-16/h3-10,12-13,15,24H,1,11,14H2,2H3,(H,27,30)/b25-13+. The molecule has 0 aliphatic rings. The third kappa shape index (κ3) is 6.66. The van der Waals surface area contributed by atoms with Crippen LogP contribution in [0.25, 0.3) is 0 Å². The smallest absolute Gasteiger partial charge is 0.253 e. The minimum Gasteiger partial charge on any atom is -0.378 e. The van der Waals surface area contributed by atoms with Crippen LogP contribution in [-0.4, -0.2) is 37.1 Å². The van der Waals surface area contributed by atoms with Crippen molar-refractivity contribution in [3.8, 4) is 0 Å². The average molecular weight is 456 g/mol. The van der Waals surface area contributed by atoms with Gasteiger partial charge in [-0.05, 0) is 37.3 Å². The zero-order chi connectivity index (χ0) is 22.1. The maximum absolute atomic E-state index is 12.4. The van der Waals surface area contributed by atoms with Crippen molar-refractivity contribution in [1.29, 1.82) is 0 Å². The number of rotatable bonds is 10. The highest BCUT2D eigenvalue weighted by Gasteiger charge is 2.19. The number of halogens is 1. The number of carbonyl (C=O) groups excluding carboxylic acids is 1. The molecule has 0 bridgehead atoms. The van der Waals surface area contributed by atoms with Crippen LogP contribution in [0.2, 0.25) is 5.02 Å². The van der Waals surface area contributed by atoms with Crippen LogP contribution in [0.15, 0.2) is 71.7 Å². The van der Waals surface area contributed by atoms with E-state index in [-0.39, 0.29) is 5.91 Å². The van der Waals surface area contributed by atoms with E-state index < -0.39 is 5.25 Å². The van der Waals surface area contributed by atoms with Crippen molar-refractivity contribution in [2.24, 2.45) is 5.10 Å². The lowest BCUT2D eigenvalue weighted by atomic mass is 10.3. The fourth-order valence-corrected chi connectivity index (χ4v) is 3.52. The Morgan fingerprint density at radius 1 is 1.32 bits per heavy atom. The molecule has 0 aliphatic carbocycles. The number of hydrazone groups is 1. The van der Waals surface area contributed by atoms with Gasteiger partial charge in [0.1, 0.15) is 0 Å². The summed E-state index contributed by atoms with van der Waals surface area (Å²) in [5, 5.41) is 16.7. The number of carbonyl (C=O) groups is 1. The van der Waals surface area contributed by atoms with E-state index in [2.05, 4.69) is 37.6 Å². The van der Waals surface area contributed by atoms with E-state index in [1.54, 1.807) is 37.7 Å². The Hall–Kier alpha value is -3.17. The summed E-state index contributed by atoms with van der Waals surface area (Å²) in [6.07, 6.45) is 6.64. The van der Waals surface area contributed by atoms with Gasteiger partial charge in [-0.2, -0.15) is 5.10 Å². The molecule has 10 heteroatoms. The second-order valence-corrected chi connectivity index (χ2v) is 8.18. The monoisotopic (exact) mass is 455 g/mol. The zero-order valence-electron chi connectivity index (χ0n) is 16.9. The summed E-state index contributed by atoms with van der Waals surface area (Å²) in [6, 6.07) is 11.1. The van der Waals surface area contributed by atoms with Gasteiger partial charge in [-0.1, -0.05) is 35.5 Å². The Kier molecular flexibility index (Phi) is 8.19. The van der Waals surface area contributed by atoms with E-state index >= 15 is 0 Å². The number of anilines is 1. The van der Waals surface area contributed by atoms with Crippen molar-refractivity contribution in [2.45, 2.75) is 30.4 Å². The third-order valence-electron chi connectivity index (χ3n) is 4.12. The molecule has 0 saturated carbocycles. The summed E-state index contributed by atoms with van der Waals surface area (Å²) in [4.78, 5) is 16.4. The number of benzene rings is 1. The number of amides is 1. The van der Waals surface area contributed by atoms with Crippen LogP contribution >= 0.6 is 23.4 Å². The first kappa shape index (κ1) is 22.5. The molecule has 8 nitrogen and oxygen atoms in total. The molecule has 0 aliphatic heterocycles. The first-order valence-electron chi connectivity index (χ1n) is 9.49. The van der Waals surface area contributed by atoms with Crippen molar-refractivity contribution in [2.75, 3.05) is 5.32 Å². The van der Waals surface area contributed by atoms with Crippen LogP contribution < -0.4 is 10.7 Å². The Balaban J connectivity index is 1.60. The third-order valence-corrected chi connectivity index (χ3v) is 5.46. The fourth-order valence-electron chi connectivity index (χ4n) is 2.52. The molecule has 160 valence electrons. The predicted octanol–water partition coefficient (Wildman–Crippen LogP) is 3.76. The van der Waals surface area contributed by atoms with Crippen LogP contribution in [0.1, 0.15) is 18.3 Å². The van der Waals surface area contributed by atoms with Crippen LogP contribution in [0.5, 0.6) is 0 Å². The van der Waals surface area contributed by atoms with Crippen LogP contribution in [0.3, 0.4) is 0 Å². The molecule has 0 fully saturated rings. The Bertz CT molecular complexity index is 1040. The van der Waals surface area contributed by atoms with E-state index in [0.717, 1.165) is 17.1 Å². The topological polar surface area (TPSA) is 97.1 Å². The van der Waals surface area contributed by atoms with Crippen LogP contribution in [0, 0.1) is 0 Å². The lowest BCUT2D eigenvalue weighted by Crippen LogP contribution is -2.27. The molecule has 2 aromatic heterocycles. The molecule has 31 heavy (non-hydrogen) atoms. The van der Waals surface area contributed by atoms with E-state index in [1.807, 2.05) is 34.9 Å². The molecular formula is C21H22ClN7OS. The van der Waals surface area contributed by atoms with Crippen molar-refractivity contribution >= 4 is 41.2 Å². The van der Waals surface area contributed by atoms with Gasteiger partial charge in [-0.15, -0.1) is 16.8 Å². The summed E-state index contributed by atoms with van der Waals surface area (Å²) < 4.78 is 1.92. The van der Waals surface area contributed by atoms with Crippen LogP contribution in [0.4, 0.5) is 5.69 Å². The second kappa shape index (κ2) is 11.3. The number of hydrogen-bond acceptors (Lipinski definition) is 7. The lowest BCUT2D eigenvalue weighted by molar-refractivity contribution is -0.120. The zero-order valence-corrected chi connectivity index (χ0v) is 18.5. The highest BCUT2D eigenvalue weighted by Crippen LogP contribution is 2.23. The van der Waals surface area contributed by atoms with Crippen molar-refractivity contribution in [3.05, 3.63) is 77.9 Å². The SMILES string of the molecule is C=CCn1c(CNc2ccc(Cl)cc2)nnc1SC(C)C(=O)N/N=C/c1cccnc1. The number of thioether (sulfide) groups is 1. The van der Waals surface area contributed by atoms with E-state index in [9.17, 15) is 4.79 Å². The summed E-state index contributed by atoms with van der Waals surface area (Å²) >= 11 is 7.23. The molecule has 1 unspecified atom stereocenters. The van der Waals surface area contributed by atoms with E-state index in [4.69, 9.17) is 11.6 Å². The molecule has 1 aromatic carbocycles. The van der Waals surface area contributed by atoms with Crippen molar-refractivity contribution in [1.82, 2.24) is 25.2 Å². The molecule has 3 aromatic rings. The normalized spacial score (nSPS) is 11.9. The summed E-state index contributed by atoms with van der Waals surface area (Å²) in [7, 11) is 0. The number of nitrogens with zero attached hydrogens (tertiary/aromatic N) is 5. The first-order chi connectivity index (χ1) is 15.1. The molecule has 3 rings (SSSR count). The number of nitrogens with one attached hydrogen (secondary N) is 2. The maximum atomic E-state index is 12.4. The van der Waals surface area contributed by atoms with Gasteiger partial charge in [0.2, 0.25) is 0 Å². The van der Waals surface area contributed by atoms with Crippen LogP contribution in [-0.2, 0) is 17.9 Å². The van der Waals surface area contributed by atoms with Gasteiger partial charge in [0.05, 0.1) is 18.0 Å². The Morgan fingerprint density at radius 2 is 2.13 bits per heavy atom. The van der Waals surface area contributed by atoms with Gasteiger partial charge in [0, 0.05) is 35.2 Å². The molecule has 2 N–H and O–H groups in total. The predicted molar refractivity (Wildman–Crippen MR) is 124 cm³/mol. The van der Waals surface area contributed by atoms with Gasteiger partial charge < -0.3 is 9.88 Å². The molecule has 2 heterocycles. The highest BCUT2D eigenvalue weighted by molar-refractivity contribution is 8.00. The number of hydrogen-bond donors (Lipinski definition) is 2. The average Bonchev–Trinajstić information content (AvgIpc) is 3.15. The molecule has 0 spiro atoms. The largest absolute Gasteiger partial charge is 0.378 e. The van der Waals surface area contributed by atoms with Crippen molar-refractivity contribution in [3.63, 3.8) is 0 Å². The summed E-state index contributed by atoms with van der Waals surface area (Å²) in [5.41, 5.74) is 4.26. The van der Waals surface area contributed by atoms with Gasteiger partial charge in [-0.3, -0.25) is 9.78 Å². The first-order valence-corrected chi connectivity index (χ1v) is 10.7. The molecule has 0 saturated heterocycles.